The maximum atomic E-state index is 12.9. The van der Waals surface area contributed by atoms with Gasteiger partial charge in [0, 0.05) is 5.69 Å². The number of hydrogen-bond donors (Lipinski definition) is 3. The Morgan fingerprint density at radius 1 is 1.18 bits per heavy atom. The number of anilines is 2. The first-order valence-corrected chi connectivity index (χ1v) is 9.42. The van der Waals surface area contributed by atoms with Gasteiger partial charge in [-0.15, -0.1) is 5.10 Å². The summed E-state index contributed by atoms with van der Waals surface area (Å²) in [6.07, 6.45) is 0. The summed E-state index contributed by atoms with van der Waals surface area (Å²) >= 11 is 1.19. The Morgan fingerprint density at radius 3 is 2.50 bits per heavy atom. The number of benzene rings is 2. The van der Waals surface area contributed by atoms with Crippen LogP contribution in [0.25, 0.3) is 0 Å². The second-order valence-corrected chi connectivity index (χ2v) is 6.77. The van der Waals surface area contributed by atoms with Gasteiger partial charge < -0.3 is 15.8 Å². The van der Waals surface area contributed by atoms with E-state index in [2.05, 4.69) is 20.5 Å². The average Bonchev–Trinajstić information content (AvgIpc) is 3.12. The average molecular weight is 397 g/mol. The number of carbonyl (C=O) groups excluding carboxylic acids is 2. The van der Waals surface area contributed by atoms with Crippen molar-refractivity contribution in [2.45, 2.75) is 17.3 Å². The minimum Gasteiger partial charge on any atom is -0.462 e. The number of hydrogen-bond acceptors (Lipinski definition) is 7. The Bertz CT molecular complexity index is 944. The summed E-state index contributed by atoms with van der Waals surface area (Å²) in [6, 6.07) is 15.8. The van der Waals surface area contributed by atoms with Gasteiger partial charge in [-0.25, -0.2) is 9.89 Å². The van der Waals surface area contributed by atoms with Gasteiger partial charge in [0.05, 0.1) is 12.2 Å². The Morgan fingerprint density at radius 2 is 1.89 bits per heavy atom. The highest BCUT2D eigenvalue weighted by molar-refractivity contribution is 8.00. The molecule has 8 nitrogen and oxygen atoms in total. The van der Waals surface area contributed by atoms with Crippen molar-refractivity contribution < 1.29 is 14.3 Å². The predicted octanol–water partition coefficient (Wildman–Crippen LogP) is 3.04. The number of aromatic amines is 1. The zero-order valence-corrected chi connectivity index (χ0v) is 15.9. The molecule has 0 aliphatic rings. The fraction of sp³-hybridized carbons (Fsp3) is 0.158. The topological polar surface area (TPSA) is 123 Å². The summed E-state index contributed by atoms with van der Waals surface area (Å²) in [5.41, 5.74) is 7.36. The van der Waals surface area contributed by atoms with Gasteiger partial charge in [-0.1, -0.05) is 42.1 Å². The van der Waals surface area contributed by atoms with Crippen LogP contribution in [0.3, 0.4) is 0 Å². The van der Waals surface area contributed by atoms with Gasteiger partial charge in [-0.05, 0) is 36.8 Å². The molecule has 144 valence electrons. The molecule has 28 heavy (non-hydrogen) atoms. The predicted molar refractivity (Wildman–Crippen MR) is 107 cm³/mol. The van der Waals surface area contributed by atoms with Crippen LogP contribution in [0, 0.1) is 0 Å². The van der Waals surface area contributed by atoms with E-state index in [9.17, 15) is 9.59 Å². The molecule has 3 rings (SSSR count). The standard InChI is InChI=1S/C19H19N5O3S/c1-2-27-17(26)13-8-10-14(11-9-13)21-16(25)15(12-6-4-3-5-7-12)28-19-22-18(20)23-24-19/h3-11,15H,2H2,1H3,(H,21,25)(H3,20,22,23,24). The van der Waals surface area contributed by atoms with Gasteiger partial charge in [-0.3, -0.25) is 4.79 Å². The highest BCUT2D eigenvalue weighted by atomic mass is 32.2. The highest BCUT2D eigenvalue weighted by Crippen LogP contribution is 2.34. The number of esters is 1. The molecule has 0 aliphatic carbocycles. The number of nitrogen functional groups attached to an aromatic ring is 1. The molecule has 0 saturated carbocycles. The van der Waals surface area contributed by atoms with E-state index in [4.69, 9.17) is 10.5 Å². The van der Waals surface area contributed by atoms with Crippen LogP contribution in [0.5, 0.6) is 0 Å². The molecule has 0 fully saturated rings. The van der Waals surface area contributed by atoms with E-state index in [0.29, 0.717) is 23.0 Å². The number of amides is 1. The second-order valence-electron chi connectivity index (χ2n) is 5.70. The molecule has 0 spiro atoms. The fourth-order valence-corrected chi connectivity index (χ4v) is 3.35. The summed E-state index contributed by atoms with van der Waals surface area (Å²) in [6.45, 7) is 2.05. The van der Waals surface area contributed by atoms with Crippen molar-refractivity contribution in [1.29, 1.82) is 0 Å². The summed E-state index contributed by atoms with van der Waals surface area (Å²) < 4.78 is 4.96. The lowest BCUT2D eigenvalue weighted by Crippen LogP contribution is -2.19. The molecule has 1 aromatic heterocycles. The summed E-state index contributed by atoms with van der Waals surface area (Å²) in [5, 5.41) is 9.20. The van der Waals surface area contributed by atoms with Crippen LogP contribution >= 0.6 is 11.8 Å². The lowest BCUT2D eigenvalue weighted by molar-refractivity contribution is -0.115. The number of carbonyl (C=O) groups is 2. The minimum atomic E-state index is -0.582. The Balaban J connectivity index is 1.76. The minimum absolute atomic E-state index is 0.185. The molecule has 1 unspecified atom stereocenters. The van der Waals surface area contributed by atoms with E-state index in [1.807, 2.05) is 30.3 Å². The first-order valence-electron chi connectivity index (χ1n) is 8.54. The SMILES string of the molecule is CCOC(=O)c1ccc(NC(=O)C(Sc2n[nH]c(N)n2)c2ccccc2)cc1. The van der Waals surface area contributed by atoms with Gasteiger partial charge in [0.15, 0.2) is 0 Å². The Kier molecular flexibility index (Phi) is 6.28. The van der Waals surface area contributed by atoms with Crippen molar-refractivity contribution in [1.82, 2.24) is 15.2 Å². The fourth-order valence-electron chi connectivity index (χ4n) is 2.43. The van der Waals surface area contributed by atoms with Crippen LogP contribution < -0.4 is 11.1 Å². The zero-order chi connectivity index (χ0) is 19.9. The first kappa shape index (κ1) is 19.4. The molecule has 1 amide bonds. The van der Waals surface area contributed by atoms with E-state index >= 15 is 0 Å². The van der Waals surface area contributed by atoms with Crippen LogP contribution in [-0.2, 0) is 9.53 Å². The molecule has 9 heteroatoms. The van der Waals surface area contributed by atoms with Crippen molar-refractivity contribution in [3.05, 3.63) is 65.7 Å². The monoisotopic (exact) mass is 397 g/mol. The highest BCUT2D eigenvalue weighted by Gasteiger charge is 2.24. The van der Waals surface area contributed by atoms with Crippen LogP contribution in [0.1, 0.15) is 28.1 Å². The van der Waals surface area contributed by atoms with Crippen molar-refractivity contribution >= 4 is 35.3 Å². The van der Waals surface area contributed by atoms with Crippen LogP contribution in [0.4, 0.5) is 11.6 Å². The lowest BCUT2D eigenvalue weighted by atomic mass is 10.1. The molecule has 1 atom stereocenters. The summed E-state index contributed by atoms with van der Waals surface area (Å²) in [7, 11) is 0. The van der Waals surface area contributed by atoms with Crippen LogP contribution in [-0.4, -0.2) is 33.7 Å². The molecule has 3 aromatic rings. The van der Waals surface area contributed by atoms with Crippen molar-refractivity contribution in [3.8, 4) is 0 Å². The molecule has 0 saturated heterocycles. The summed E-state index contributed by atoms with van der Waals surface area (Å²) in [5.74, 6) is -0.465. The second kappa shape index (κ2) is 9.05. The molecular weight excluding hydrogens is 378 g/mol. The van der Waals surface area contributed by atoms with Crippen LogP contribution in [0.15, 0.2) is 59.8 Å². The van der Waals surface area contributed by atoms with Gasteiger partial charge in [0.2, 0.25) is 17.0 Å². The smallest absolute Gasteiger partial charge is 0.338 e. The van der Waals surface area contributed by atoms with Crippen molar-refractivity contribution in [2.24, 2.45) is 0 Å². The number of H-pyrrole nitrogens is 1. The quantitative estimate of drug-likeness (QED) is 0.413. The van der Waals surface area contributed by atoms with Crippen LogP contribution in [0.2, 0.25) is 0 Å². The van der Waals surface area contributed by atoms with E-state index < -0.39 is 11.2 Å². The normalized spacial score (nSPS) is 11.6. The number of aromatic nitrogens is 3. The number of thioether (sulfide) groups is 1. The van der Waals surface area contributed by atoms with E-state index in [-0.39, 0.29) is 11.9 Å². The zero-order valence-electron chi connectivity index (χ0n) is 15.1. The Hall–Kier alpha value is -3.33. The Labute approximate surface area is 165 Å². The number of nitrogens with one attached hydrogen (secondary N) is 2. The number of rotatable bonds is 7. The third kappa shape index (κ3) is 4.89. The molecule has 1 heterocycles. The lowest BCUT2D eigenvalue weighted by Gasteiger charge is -2.15. The maximum absolute atomic E-state index is 12.9. The van der Waals surface area contributed by atoms with E-state index in [1.165, 1.54) is 11.8 Å². The number of ether oxygens (including phenoxy) is 1. The van der Waals surface area contributed by atoms with Gasteiger partial charge in [-0.2, -0.15) is 4.98 Å². The maximum Gasteiger partial charge on any atom is 0.338 e. The van der Waals surface area contributed by atoms with E-state index in [0.717, 1.165) is 5.56 Å². The number of nitrogens with zero attached hydrogens (tertiary/aromatic N) is 2. The largest absolute Gasteiger partial charge is 0.462 e. The van der Waals surface area contributed by atoms with Gasteiger partial charge in [0.25, 0.3) is 0 Å². The molecular formula is C19H19N5O3S. The van der Waals surface area contributed by atoms with Gasteiger partial charge >= 0.3 is 5.97 Å². The number of nitrogens with two attached hydrogens (primary N) is 1. The molecule has 4 N–H and O–H groups in total. The van der Waals surface area contributed by atoms with Crippen molar-refractivity contribution in [3.63, 3.8) is 0 Å². The third-order valence-electron chi connectivity index (χ3n) is 3.71. The molecule has 0 radical (unpaired) electrons. The molecule has 2 aromatic carbocycles. The molecule has 0 aliphatic heterocycles. The first-order chi connectivity index (χ1) is 13.6. The van der Waals surface area contributed by atoms with Crippen molar-refractivity contribution in [2.75, 3.05) is 17.7 Å². The van der Waals surface area contributed by atoms with Gasteiger partial charge in [0.1, 0.15) is 5.25 Å². The summed E-state index contributed by atoms with van der Waals surface area (Å²) in [4.78, 5) is 28.7. The molecule has 0 bridgehead atoms. The van der Waals surface area contributed by atoms with E-state index in [1.54, 1.807) is 31.2 Å². The third-order valence-corrected chi connectivity index (χ3v) is 4.82.